The van der Waals surface area contributed by atoms with Crippen molar-refractivity contribution in [3.05, 3.63) is 46.3 Å². The van der Waals surface area contributed by atoms with Crippen molar-refractivity contribution in [1.82, 2.24) is 4.98 Å². The van der Waals surface area contributed by atoms with E-state index >= 15 is 0 Å². The summed E-state index contributed by atoms with van der Waals surface area (Å²) < 4.78 is 16.5. The van der Waals surface area contributed by atoms with E-state index < -0.39 is 0 Å². The summed E-state index contributed by atoms with van der Waals surface area (Å²) in [7, 11) is 3.20. The molecular weight excluding hydrogens is 382 g/mol. The standard InChI is InChI=1S/C24H29NO5/c1-13-6-5-7-19(13)30-24(27)23-14(2)22-17(25-23)10-16(11-18(22)26)15-8-9-20(28-3)21(12-15)29-4/h8-9,12-13,16,19,25H,5-7,10-11H2,1-4H3. The maximum absolute atomic E-state index is 13.0. The van der Waals surface area contributed by atoms with E-state index in [2.05, 4.69) is 11.9 Å². The van der Waals surface area contributed by atoms with E-state index in [1.54, 1.807) is 14.2 Å². The molecule has 1 heterocycles. The van der Waals surface area contributed by atoms with E-state index in [0.29, 0.717) is 47.1 Å². The van der Waals surface area contributed by atoms with Crippen LogP contribution < -0.4 is 9.47 Å². The quantitative estimate of drug-likeness (QED) is 0.728. The third-order valence-corrected chi connectivity index (χ3v) is 6.61. The number of aromatic amines is 1. The molecule has 6 nitrogen and oxygen atoms in total. The van der Waals surface area contributed by atoms with Crippen molar-refractivity contribution in [3.8, 4) is 11.5 Å². The second-order valence-corrected chi connectivity index (χ2v) is 8.47. The van der Waals surface area contributed by atoms with Gasteiger partial charge in [-0.15, -0.1) is 0 Å². The van der Waals surface area contributed by atoms with Gasteiger partial charge in [-0.3, -0.25) is 4.79 Å². The summed E-state index contributed by atoms with van der Waals surface area (Å²) in [5.41, 5.74) is 3.60. The first kappa shape index (κ1) is 20.5. The molecule has 1 saturated carbocycles. The van der Waals surface area contributed by atoms with Crippen LogP contribution in [0.5, 0.6) is 11.5 Å². The first-order chi connectivity index (χ1) is 14.4. The second-order valence-electron chi connectivity index (χ2n) is 8.47. The van der Waals surface area contributed by atoms with E-state index in [-0.39, 0.29) is 23.8 Å². The monoisotopic (exact) mass is 411 g/mol. The fraction of sp³-hybridized carbons (Fsp3) is 0.500. The second kappa shape index (κ2) is 8.17. The predicted molar refractivity (Wildman–Crippen MR) is 113 cm³/mol. The topological polar surface area (TPSA) is 77.6 Å². The van der Waals surface area contributed by atoms with E-state index in [4.69, 9.17) is 14.2 Å². The van der Waals surface area contributed by atoms with Gasteiger partial charge in [-0.05, 0) is 67.7 Å². The number of hydrogen-bond donors (Lipinski definition) is 1. The highest BCUT2D eigenvalue weighted by Crippen LogP contribution is 2.38. The number of methoxy groups -OCH3 is 2. The Morgan fingerprint density at radius 1 is 1.10 bits per heavy atom. The van der Waals surface area contributed by atoms with Crippen LogP contribution in [0.3, 0.4) is 0 Å². The van der Waals surface area contributed by atoms with Crippen molar-refractivity contribution < 1.29 is 23.8 Å². The molecule has 30 heavy (non-hydrogen) atoms. The molecule has 2 aromatic rings. The Balaban J connectivity index is 1.59. The minimum atomic E-state index is -0.351. The summed E-state index contributed by atoms with van der Waals surface area (Å²) in [5.74, 6) is 1.41. The number of H-pyrrole nitrogens is 1. The average molecular weight is 411 g/mol. The Kier molecular flexibility index (Phi) is 5.58. The minimum absolute atomic E-state index is 0.0154. The number of benzene rings is 1. The lowest BCUT2D eigenvalue weighted by Gasteiger charge is -2.23. The van der Waals surface area contributed by atoms with Gasteiger partial charge in [0, 0.05) is 17.7 Å². The number of esters is 1. The van der Waals surface area contributed by atoms with Crippen molar-refractivity contribution in [2.24, 2.45) is 5.92 Å². The number of nitrogens with one attached hydrogen (secondary N) is 1. The lowest BCUT2D eigenvalue weighted by atomic mass is 9.81. The average Bonchev–Trinajstić information content (AvgIpc) is 3.30. The number of rotatable bonds is 5. The van der Waals surface area contributed by atoms with Crippen molar-refractivity contribution in [1.29, 1.82) is 0 Å². The minimum Gasteiger partial charge on any atom is -0.493 e. The van der Waals surface area contributed by atoms with Gasteiger partial charge in [0.25, 0.3) is 0 Å². The molecule has 3 atom stereocenters. The number of ether oxygens (including phenoxy) is 3. The van der Waals surface area contributed by atoms with Crippen molar-refractivity contribution in [3.63, 3.8) is 0 Å². The molecule has 1 fully saturated rings. The molecule has 4 rings (SSSR count). The van der Waals surface area contributed by atoms with Gasteiger partial charge < -0.3 is 19.2 Å². The Morgan fingerprint density at radius 2 is 1.87 bits per heavy atom. The molecule has 6 heteroatoms. The lowest BCUT2D eigenvalue weighted by Crippen LogP contribution is -2.21. The van der Waals surface area contributed by atoms with Crippen molar-refractivity contribution in [2.45, 2.75) is 58.0 Å². The molecule has 2 aliphatic carbocycles. The first-order valence-electron chi connectivity index (χ1n) is 10.6. The van der Waals surface area contributed by atoms with Crippen LogP contribution in [0.15, 0.2) is 18.2 Å². The van der Waals surface area contributed by atoms with Gasteiger partial charge in [-0.25, -0.2) is 4.79 Å². The summed E-state index contributed by atoms with van der Waals surface area (Å²) in [5, 5.41) is 0. The van der Waals surface area contributed by atoms with Crippen molar-refractivity contribution in [2.75, 3.05) is 14.2 Å². The molecule has 0 bridgehead atoms. The maximum atomic E-state index is 13.0. The van der Waals surface area contributed by atoms with Gasteiger partial charge in [0.1, 0.15) is 11.8 Å². The summed E-state index contributed by atoms with van der Waals surface area (Å²) >= 11 is 0. The molecular formula is C24H29NO5. The SMILES string of the molecule is COc1ccc(C2CC(=O)c3c([nH]c(C(=O)OC4CCCC4C)c3C)C2)cc1OC. The summed E-state index contributed by atoms with van der Waals surface area (Å²) in [6.07, 6.45) is 4.11. The molecule has 1 aromatic heterocycles. The van der Waals surface area contributed by atoms with Gasteiger partial charge in [-0.1, -0.05) is 13.0 Å². The zero-order chi connectivity index (χ0) is 21.4. The number of carbonyl (C=O) groups is 2. The number of Topliss-reactive ketones (excluding diaryl/α,β-unsaturated/α-hetero) is 1. The van der Waals surface area contributed by atoms with E-state index in [1.807, 2.05) is 25.1 Å². The summed E-state index contributed by atoms with van der Waals surface area (Å²) in [6.45, 7) is 3.95. The molecule has 160 valence electrons. The zero-order valence-corrected chi connectivity index (χ0v) is 18.0. The van der Waals surface area contributed by atoms with E-state index in [9.17, 15) is 9.59 Å². The van der Waals surface area contributed by atoms with Crippen molar-refractivity contribution >= 4 is 11.8 Å². The van der Waals surface area contributed by atoms with E-state index in [0.717, 1.165) is 30.5 Å². The fourth-order valence-corrected chi connectivity index (χ4v) is 4.86. The molecule has 0 spiro atoms. The Bertz CT molecular complexity index is 976. The Morgan fingerprint density at radius 3 is 2.53 bits per heavy atom. The predicted octanol–water partition coefficient (Wildman–Crippen LogP) is 4.60. The molecule has 1 aromatic carbocycles. The normalized spacial score (nSPS) is 23.2. The molecule has 1 N–H and O–H groups in total. The Hall–Kier alpha value is -2.76. The number of fused-ring (bicyclic) bond motifs is 1. The molecule has 2 aliphatic rings. The highest BCUT2D eigenvalue weighted by molar-refractivity contribution is 6.03. The van der Waals surface area contributed by atoms with Crippen LogP contribution in [-0.4, -0.2) is 37.1 Å². The van der Waals surface area contributed by atoms with Crippen LogP contribution in [0.25, 0.3) is 0 Å². The van der Waals surface area contributed by atoms with Gasteiger partial charge >= 0.3 is 5.97 Å². The van der Waals surface area contributed by atoms with Crippen LogP contribution in [0.4, 0.5) is 0 Å². The number of carbonyl (C=O) groups excluding carboxylic acids is 2. The third kappa shape index (κ3) is 3.59. The van der Waals surface area contributed by atoms with Crippen LogP contribution in [0, 0.1) is 12.8 Å². The van der Waals surface area contributed by atoms with Crippen LogP contribution in [0.2, 0.25) is 0 Å². The number of aromatic nitrogens is 1. The van der Waals surface area contributed by atoms with Crippen LogP contribution >= 0.6 is 0 Å². The smallest absolute Gasteiger partial charge is 0.355 e. The molecule has 0 aliphatic heterocycles. The Labute approximate surface area is 176 Å². The molecule has 0 radical (unpaired) electrons. The van der Waals surface area contributed by atoms with Gasteiger partial charge in [-0.2, -0.15) is 0 Å². The van der Waals surface area contributed by atoms with Gasteiger partial charge in [0.05, 0.1) is 14.2 Å². The highest BCUT2D eigenvalue weighted by Gasteiger charge is 2.34. The summed E-state index contributed by atoms with van der Waals surface area (Å²) in [6, 6.07) is 5.75. The van der Waals surface area contributed by atoms with Crippen LogP contribution in [-0.2, 0) is 11.2 Å². The highest BCUT2D eigenvalue weighted by atomic mass is 16.5. The molecule has 0 saturated heterocycles. The van der Waals surface area contributed by atoms with Gasteiger partial charge in [0.2, 0.25) is 0 Å². The fourth-order valence-electron chi connectivity index (χ4n) is 4.86. The van der Waals surface area contributed by atoms with Gasteiger partial charge in [0.15, 0.2) is 17.3 Å². The number of ketones is 1. The largest absolute Gasteiger partial charge is 0.493 e. The first-order valence-corrected chi connectivity index (χ1v) is 10.6. The van der Waals surface area contributed by atoms with E-state index in [1.165, 1.54) is 0 Å². The molecule has 0 amide bonds. The maximum Gasteiger partial charge on any atom is 0.355 e. The van der Waals surface area contributed by atoms with Crippen LogP contribution in [0.1, 0.15) is 76.2 Å². The lowest BCUT2D eigenvalue weighted by molar-refractivity contribution is 0.0219. The third-order valence-electron chi connectivity index (χ3n) is 6.61. The zero-order valence-electron chi connectivity index (χ0n) is 18.0. The number of hydrogen-bond acceptors (Lipinski definition) is 5. The summed E-state index contributed by atoms with van der Waals surface area (Å²) in [4.78, 5) is 29.0. The molecule has 3 unspecified atom stereocenters.